The van der Waals surface area contributed by atoms with Crippen LogP contribution in [0, 0.1) is 5.92 Å². The maximum Gasteiger partial charge on any atom is 0.243 e. The highest BCUT2D eigenvalue weighted by molar-refractivity contribution is 7.89. The van der Waals surface area contributed by atoms with Crippen molar-refractivity contribution < 1.29 is 13.2 Å². The van der Waals surface area contributed by atoms with Crippen molar-refractivity contribution in [2.24, 2.45) is 11.7 Å². The van der Waals surface area contributed by atoms with Crippen LogP contribution in [0.2, 0.25) is 0 Å². The lowest BCUT2D eigenvalue weighted by Gasteiger charge is -2.20. The number of hydrogen-bond donors (Lipinski definition) is 1. The summed E-state index contributed by atoms with van der Waals surface area (Å²) in [6.45, 7) is 3.42. The average Bonchev–Trinajstić information content (AvgIpc) is 2.99. The van der Waals surface area contributed by atoms with Gasteiger partial charge in [-0.15, -0.1) is 12.4 Å². The normalized spacial score (nSPS) is 21.2. The third-order valence-corrected chi connectivity index (χ3v) is 7.64. The molecule has 6 nitrogen and oxygen atoms in total. The van der Waals surface area contributed by atoms with Crippen molar-refractivity contribution in [3.05, 3.63) is 29.8 Å². The Morgan fingerprint density at radius 3 is 2.25 bits per heavy atom. The molecule has 2 fully saturated rings. The lowest BCUT2D eigenvalue weighted by molar-refractivity contribution is -0.130. The molecule has 0 saturated carbocycles. The van der Waals surface area contributed by atoms with Crippen LogP contribution in [0.3, 0.4) is 0 Å². The van der Waals surface area contributed by atoms with Crippen molar-refractivity contribution >= 4 is 28.3 Å². The van der Waals surface area contributed by atoms with Crippen molar-refractivity contribution in [3.8, 4) is 0 Å². The lowest BCUT2D eigenvalue weighted by Crippen LogP contribution is -2.31. The Morgan fingerprint density at radius 2 is 1.68 bits per heavy atom. The maximum atomic E-state index is 12.8. The van der Waals surface area contributed by atoms with Gasteiger partial charge in [0.25, 0.3) is 0 Å². The number of nitrogens with two attached hydrogens (primary N) is 1. The molecule has 0 bridgehead atoms. The molecular weight excluding hydrogens is 398 g/mol. The molecule has 2 aliphatic heterocycles. The van der Waals surface area contributed by atoms with Gasteiger partial charge in [0.05, 0.1) is 4.90 Å². The molecule has 1 atom stereocenters. The Hall–Kier alpha value is -1.15. The molecule has 0 aromatic heterocycles. The standard InChI is InChI=1S/C20H31N3O3S.ClH/c21-15-18-11-14-22(16-18)20(24)10-7-17-5-8-19(9-6-17)27(25,26)23-12-3-1-2-4-13-23;/h5-6,8-9,18H,1-4,7,10-16,21H2;1H. The summed E-state index contributed by atoms with van der Waals surface area (Å²) in [5.41, 5.74) is 6.68. The monoisotopic (exact) mass is 429 g/mol. The summed E-state index contributed by atoms with van der Waals surface area (Å²) in [6, 6.07) is 7.04. The van der Waals surface area contributed by atoms with Gasteiger partial charge < -0.3 is 10.6 Å². The zero-order chi connectivity index (χ0) is 19.3. The minimum atomic E-state index is -3.41. The fourth-order valence-corrected chi connectivity index (χ4v) is 5.44. The van der Waals surface area contributed by atoms with Crippen molar-refractivity contribution in [2.75, 3.05) is 32.7 Å². The van der Waals surface area contributed by atoms with Crippen LogP contribution in [0.5, 0.6) is 0 Å². The van der Waals surface area contributed by atoms with E-state index >= 15 is 0 Å². The van der Waals surface area contributed by atoms with Gasteiger partial charge in [0.15, 0.2) is 0 Å². The van der Waals surface area contributed by atoms with Gasteiger partial charge in [0.2, 0.25) is 15.9 Å². The summed E-state index contributed by atoms with van der Waals surface area (Å²) in [4.78, 5) is 14.6. The van der Waals surface area contributed by atoms with E-state index in [1.807, 2.05) is 17.0 Å². The molecule has 1 amide bonds. The first-order valence-electron chi connectivity index (χ1n) is 10.1. The molecule has 2 N–H and O–H groups in total. The minimum absolute atomic E-state index is 0. The number of amides is 1. The SMILES string of the molecule is Cl.NCC1CCN(C(=O)CCc2ccc(S(=O)(=O)N3CCCCCC3)cc2)C1. The number of halogens is 1. The van der Waals surface area contributed by atoms with E-state index in [1.165, 1.54) is 0 Å². The third kappa shape index (κ3) is 5.69. The van der Waals surface area contributed by atoms with Crippen molar-refractivity contribution in [1.29, 1.82) is 0 Å². The molecule has 28 heavy (non-hydrogen) atoms. The van der Waals surface area contributed by atoms with Gasteiger partial charge in [-0.1, -0.05) is 25.0 Å². The second-order valence-corrected chi connectivity index (χ2v) is 9.63. The molecule has 2 heterocycles. The van der Waals surface area contributed by atoms with Crippen molar-refractivity contribution in [3.63, 3.8) is 0 Å². The second kappa shape index (κ2) is 10.6. The molecule has 2 aliphatic rings. The highest BCUT2D eigenvalue weighted by Gasteiger charge is 2.26. The van der Waals surface area contributed by atoms with Gasteiger partial charge in [-0.25, -0.2) is 8.42 Å². The number of rotatable bonds is 6. The number of carbonyl (C=O) groups is 1. The fraction of sp³-hybridized carbons (Fsp3) is 0.650. The molecule has 0 aliphatic carbocycles. The zero-order valence-corrected chi connectivity index (χ0v) is 18.0. The van der Waals surface area contributed by atoms with E-state index in [-0.39, 0.29) is 18.3 Å². The van der Waals surface area contributed by atoms with E-state index in [4.69, 9.17) is 5.73 Å². The predicted octanol–water partition coefficient (Wildman–Crippen LogP) is 2.41. The van der Waals surface area contributed by atoms with Gasteiger partial charge in [-0.2, -0.15) is 4.31 Å². The number of benzene rings is 1. The first-order valence-corrected chi connectivity index (χ1v) is 11.5. The highest BCUT2D eigenvalue weighted by atomic mass is 35.5. The van der Waals surface area contributed by atoms with Crippen LogP contribution < -0.4 is 5.73 Å². The molecule has 1 aromatic rings. The van der Waals surface area contributed by atoms with Gasteiger partial charge in [0, 0.05) is 32.6 Å². The van der Waals surface area contributed by atoms with Gasteiger partial charge >= 0.3 is 0 Å². The summed E-state index contributed by atoms with van der Waals surface area (Å²) >= 11 is 0. The minimum Gasteiger partial charge on any atom is -0.342 e. The van der Waals surface area contributed by atoms with Crippen molar-refractivity contribution in [2.45, 2.75) is 49.8 Å². The Kier molecular flexibility index (Phi) is 8.74. The number of nitrogens with zero attached hydrogens (tertiary/aromatic N) is 2. The third-order valence-electron chi connectivity index (χ3n) is 5.73. The zero-order valence-electron chi connectivity index (χ0n) is 16.4. The van der Waals surface area contributed by atoms with Crippen LogP contribution in [0.25, 0.3) is 0 Å². The first-order chi connectivity index (χ1) is 13.0. The first kappa shape index (κ1) is 23.1. The molecule has 0 spiro atoms. The largest absolute Gasteiger partial charge is 0.342 e. The molecule has 2 saturated heterocycles. The fourth-order valence-electron chi connectivity index (χ4n) is 3.92. The highest BCUT2D eigenvalue weighted by Crippen LogP contribution is 2.21. The topological polar surface area (TPSA) is 83.7 Å². The summed E-state index contributed by atoms with van der Waals surface area (Å²) in [6.07, 6.45) is 6.14. The smallest absolute Gasteiger partial charge is 0.243 e. The Labute approximate surface area is 174 Å². The van der Waals surface area contributed by atoms with Crippen molar-refractivity contribution in [1.82, 2.24) is 9.21 Å². The summed E-state index contributed by atoms with van der Waals surface area (Å²) in [5, 5.41) is 0. The van der Waals surface area contributed by atoms with Crippen LogP contribution in [0.1, 0.15) is 44.1 Å². The quantitative estimate of drug-likeness (QED) is 0.752. The summed E-state index contributed by atoms with van der Waals surface area (Å²) in [7, 11) is -3.41. The van der Waals surface area contributed by atoms with E-state index in [0.29, 0.717) is 43.3 Å². The van der Waals surface area contributed by atoms with E-state index in [1.54, 1.807) is 16.4 Å². The summed E-state index contributed by atoms with van der Waals surface area (Å²) < 4.78 is 27.2. The Morgan fingerprint density at radius 1 is 1.04 bits per heavy atom. The van der Waals surface area contributed by atoms with Gasteiger partial charge in [0.1, 0.15) is 0 Å². The molecule has 158 valence electrons. The van der Waals surface area contributed by atoms with Gasteiger partial charge in [-0.05, 0) is 55.8 Å². The maximum absolute atomic E-state index is 12.8. The van der Waals surface area contributed by atoms with E-state index in [2.05, 4.69) is 0 Å². The number of hydrogen-bond acceptors (Lipinski definition) is 4. The molecule has 8 heteroatoms. The van der Waals surface area contributed by atoms with Crippen LogP contribution in [-0.4, -0.2) is 56.3 Å². The van der Waals surface area contributed by atoms with Crippen LogP contribution in [0.4, 0.5) is 0 Å². The number of likely N-dealkylation sites (tertiary alicyclic amines) is 1. The predicted molar refractivity (Wildman–Crippen MR) is 113 cm³/mol. The number of aryl methyl sites for hydroxylation is 1. The van der Waals surface area contributed by atoms with E-state index in [0.717, 1.165) is 50.8 Å². The molecule has 1 unspecified atom stereocenters. The lowest BCUT2D eigenvalue weighted by atomic mass is 10.1. The molecular formula is C20H32ClN3O3S. The van der Waals surface area contributed by atoms with E-state index in [9.17, 15) is 13.2 Å². The van der Waals surface area contributed by atoms with Crippen LogP contribution >= 0.6 is 12.4 Å². The molecule has 0 radical (unpaired) electrons. The van der Waals surface area contributed by atoms with Crippen LogP contribution in [-0.2, 0) is 21.2 Å². The molecule has 3 rings (SSSR count). The summed E-state index contributed by atoms with van der Waals surface area (Å²) in [5.74, 6) is 0.588. The van der Waals surface area contributed by atoms with Crippen LogP contribution in [0.15, 0.2) is 29.2 Å². The number of sulfonamides is 1. The average molecular weight is 430 g/mol. The Balaban J connectivity index is 0.00000280. The Bertz CT molecular complexity index is 732. The van der Waals surface area contributed by atoms with Gasteiger partial charge in [-0.3, -0.25) is 4.79 Å². The molecule has 1 aromatic carbocycles. The van der Waals surface area contributed by atoms with E-state index < -0.39 is 10.0 Å². The second-order valence-electron chi connectivity index (χ2n) is 7.69. The number of carbonyl (C=O) groups excluding carboxylic acids is 1.